The fourth-order valence-electron chi connectivity index (χ4n) is 2.05. The molecular formula is C17H19BrN2O4S. The molecule has 8 heteroatoms. The number of benzene rings is 2. The molecule has 0 unspecified atom stereocenters. The van der Waals surface area contributed by atoms with Crippen LogP contribution in [0.1, 0.15) is 12.5 Å². The molecule has 0 saturated carbocycles. The normalized spacial score (nSPS) is 11.2. The first-order valence-electron chi connectivity index (χ1n) is 7.60. The van der Waals surface area contributed by atoms with Gasteiger partial charge in [-0.3, -0.25) is 4.79 Å². The fourth-order valence-corrected chi connectivity index (χ4v) is 3.28. The Hall–Kier alpha value is -1.90. The van der Waals surface area contributed by atoms with Crippen LogP contribution < -0.4 is 14.8 Å². The topological polar surface area (TPSA) is 84.5 Å². The summed E-state index contributed by atoms with van der Waals surface area (Å²) in [5.41, 5.74) is 1.57. The molecule has 2 aromatic carbocycles. The zero-order valence-electron chi connectivity index (χ0n) is 13.9. The minimum atomic E-state index is -3.77. The lowest BCUT2D eigenvalue weighted by Gasteiger charge is -2.09. The molecular weight excluding hydrogens is 408 g/mol. The van der Waals surface area contributed by atoms with Crippen LogP contribution in [-0.4, -0.2) is 27.5 Å². The average Bonchev–Trinajstić information content (AvgIpc) is 2.57. The molecule has 0 heterocycles. The van der Waals surface area contributed by atoms with Gasteiger partial charge in [-0.05, 0) is 61.9 Å². The monoisotopic (exact) mass is 426 g/mol. The summed E-state index contributed by atoms with van der Waals surface area (Å²) in [5.74, 6) is 0.140. The zero-order chi connectivity index (χ0) is 18.4. The van der Waals surface area contributed by atoms with E-state index in [2.05, 4.69) is 26.0 Å². The summed E-state index contributed by atoms with van der Waals surface area (Å²) in [6, 6.07) is 11.4. The number of nitrogens with one attached hydrogen (secondary N) is 2. The average molecular weight is 427 g/mol. The highest BCUT2D eigenvalue weighted by Gasteiger charge is 2.15. The molecule has 0 saturated heterocycles. The maximum atomic E-state index is 12.2. The van der Waals surface area contributed by atoms with E-state index in [1.54, 1.807) is 24.3 Å². The SMILES string of the molecule is CCOc1ccc(S(=O)(=O)NCC(=O)Nc2ccc(Br)c(C)c2)cc1. The second kappa shape index (κ2) is 8.46. The van der Waals surface area contributed by atoms with Gasteiger partial charge in [-0.15, -0.1) is 0 Å². The Morgan fingerprint density at radius 1 is 1.16 bits per heavy atom. The number of ether oxygens (including phenoxy) is 1. The van der Waals surface area contributed by atoms with Gasteiger partial charge in [-0.1, -0.05) is 15.9 Å². The van der Waals surface area contributed by atoms with Crippen molar-refractivity contribution in [3.8, 4) is 5.75 Å². The molecule has 6 nitrogen and oxygen atoms in total. The second-order valence-electron chi connectivity index (χ2n) is 5.24. The van der Waals surface area contributed by atoms with Crippen molar-refractivity contribution < 1.29 is 17.9 Å². The summed E-state index contributed by atoms with van der Waals surface area (Å²) in [5, 5.41) is 2.65. The van der Waals surface area contributed by atoms with E-state index in [4.69, 9.17) is 4.74 Å². The number of carbonyl (C=O) groups is 1. The van der Waals surface area contributed by atoms with E-state index in [0.29, 0.717) is 18.0 Å². The van der Waals surface area contributed by atoms with E-state index < -0.39 is 15.9 Å². The molecule has 0 aliphatic rings. The van der Waals surface area contributed by atoms with E-state index in [9.17, 15) is 13.2 Å². The summed E-state index contributed by atoms with van der Waals surface area (Å²) in [6.07, 6.45) is 0. The number of aryl methyl sites for hydroxylation is 1. The Balaban J connectivity index is 1.96. The van der Waals surface area contributed by atoms with Gasteiger partial charge in [0.25, 0.3) is 0 Å². The highest BCUT2D eigenvalue weighted by molar-refractivity contribution is 9.10. The van der Waals surface area contributed by atoms with Gasteiger partial charge in [0.1, 0.15) is 5.75 Å². The molecule has 2 rings (SSSR count). The molecule has 0 atom stereocenters. The first-order valence-corrected chi connectivity index (χ1v) is 9.88. The van der Waals surface area contributed by atoms with E-state index >= 15 is 0 Å². The molecule has 0 aromatic heterocycles. The van der Waals surface area contributed by atoms with Gasteiger partial charge >= 0.3 is 0 Å². The Kier molecular flexibility index (Phi) is 6.57. The van der Waals surface area contributed by atoms with Crippen LogP contribution in [0.25, 0.3) is 0 Å². The molecule has 134 valence electrons. The molecule has 2 aromatic rings. The minimum Gasteiger partial charge on any atom is -0.494 e. The van der Waals surface area contributed by atoms with Crippen LogP contribution in [0, 0.1) is 6.92 Å². The molecule has 0 fully saturated rings. The first kappa shape index (κ1) is 19.4. The van der Waals surface area contributed by atoms with E-state index in [1.165, 1.54) is 12.1 Å². The van der Waals surface area contributed by atoms with Crippen molar-refractivity contribution in [2.24, 2.45) is 0 Å². The lowest BCUT2D eigenvalue weighted by molar-refractivity contribution is -0.115. The van der Waals surface area contributed by atoms with Crippen molar-refractivity contribution >= 4 is 37.5 Å². The van der Waals surface area contributed by atoms with Gasteiger partial charge in [-0.25, -0.2) is 13.1 Å². The highest BCUT2D eigenvalue weighted by atomic mass is 79.9. The quantitative estimate of drug-likeness (QED) is 0.712. The van der Waals surface area contributed by atoms with Crippen LogP contribution in [0.5, 0.6) is 5.75 Å². The van der Waals surface area contributed by atoms with E-state index in [-0.39, 0.29) is 11.4 Å². The van der Waals surface area contributed by atoms with Crippen molar-refractivity contribution in [3.05, 3.63) is 52.5 Å². The lowest BCUT2D eigenvalue weighted by Crippen LogP contribution is -2.32. The maximum absolute atomic E-state index is 12.2. The maximum Gasteiger partial charge on any atom is 0.241 e. The van der Waals surface area contributed by atoms with E-state index in [1.807, 2.05) is 19.9 Å². The van der Waals surface area contributed by atoms with Crippen LogP contribution in [0.2, 0.25) is 0 Å². The Morgan fingerprint density at radius 3 is 2.44 bits per heavy atom. The standard InChI is InChI=1S/C17H19BrN2O4S/c1-3-24-14-5-7-15(8-6-14)25(22,23)19-11-17(21)20-13-4-9-16(18)12(2)10-13/h4-10,19H,3,11H2,1-2H3,(H,20,21). The fraction of sp³-hybridized carbons (Fsp3) is 0.235. The molecule has 0 radical (unpaired) electrons. The van der Waals surface area contributed by atoms with Gasteiger partial charge in [0.2, 0.25) is 15.9 Å². The number of anilines is 1. The number of hydrogen-bond donors (Lipinski definition) is 2. The van der Waals surface area contributed by atoms with Gasteiger partial charge < -0.3 is 10.1 Å². The molecule has 25 heavy (non-hydrogen) atoms. The summed E-state index contributed by atoms with van der Waals surface area (Å²) >= 11 is 3.38. The van der Waals surface area contributed by atoms with Crippen LogP contribution in [-0.2, 0) is 14.8 Å². The molecule has 2 N–H and O–H groups in total. The van der Waals surface area contributed by atoms with Crippen molar-refractivity contribution in [2.45, 2.75) is 18.7 Å². The Bertz CT molecular complexity index is 851. The predicted octanol–water partition coefficient (Wildman–Crippen LogP) is 3.07. The summed E-state index contributed by atoms with van der Waals surface area (Å²) in [7, 11) is -3.77. The Morgan fingerprint density at radius 2 is 1.84 bits per heavy atom. The molecule has 0 aliphatic heterocycles. The van der Waals surface area contributed by atoms with Crippen molar-refractivity contribution in [1.29, 1.82) is 0 Å². The van der Waals surface area contributed by atoms with Gasteiger partial charge in [-0.2, -0.15) is 0 Å². The zero-order valence-corrected chi connectivity index (χ0v) is 16.3. The summed E-state index contributed by atoms with van der Waals surface area (Å²) < 4.78 is 32.9. The van der Waals surface area contributed by atoms with Crippen LogP contribution in [0.15, 0.2) is 51.8 Å². The number of sulfonamides is 1. The summed E-state index contributed by atoms with van der Waals surface area (Å²) in [6.45, 7) is 3.89. The molecule has 0 spiro atoms. The summed E-state index contributed by atoms with van der Waals surface area (Å²) in [4.78, 5) is 12.0. The third-order valence-electron chi connectivity index (χ3n) is 3.31. The van der Waals surface area contributed by atoms with Crippen molar-refractivity contribution in [2.75, 3.05) is 18.5 Å². The van der Waals surface area contributed by atoms with Gasteiger partial charge in [0.05, 0.1) is 18.0 Å². The number of carbonyl (C=O) groups excluding carboxylic acids is 1. The van der Waals surface area contributed by atoms with Crippen molar-refractivity contribution in [3.63, 3.8) is 0 Å². The third-order valence-corrected chi connectivity index (χ3v) is 5.62. The van der Waals surface area contributed by atoms with E-state index in [0.717, 1.165) is 10.0 Å². The highest BCUT2D eigenvalue weighted by Crippen LogP contribution is 2.20. The van der Waals surface area contributed by atoms with Gasteiger partial charge in [0.15, 0.2) is 0 Å². The Labute approximate surface area is 155 Å². The molecule has 1 amide bonds. The first-order chi connectivity index (χ1) is 11.8. The van der Waals surface area contributed by atoms with Crippen molar-refractivity contribution in [1.82, 2.24) is 4.72 Å². The smallest absolute Gasteiger partial charge is 0.241 e. The van der Waals surface area contributed by atoms with Crippen LogP contribution >= 0.6 is 15.9 Å². The number of halogens is 1. The van der Waals surface area contributed by atoms with Crippen LogP contribution in [0.3, 0.4) is 0 Å². The molecule has 0 aliphatic carbocycles. The second-order valence-corrected chi connectivity index (χ2v) is 7.86. The minimum absolute atomic E-state index is 0.0724. The molecule has 0 bridgehead atoms. The lowest BCUT2D eigenvalue weighted by atomic mass is 10.2. The van der Waals surface area contributed by atoms with Crippen LogP contribution in [0.4, 0.5) is 5.69 Å². The number of rotatable bonds is 7. The third kappa shape index (κ3) is 5.55. The largest absolute Gasteiger partial charge is 0.494 e. The predicted molar refractivity (Wildman–Crippen MR) is 100 cm³/mol. The van der Waals surface area contributed by atoms with Gasteiger partial charge in [0, 0.05) is 10.2 Å². The number of hydrogen-bond acceptors (Lipinski definition) is 4. The number of amides is 1.